The fourth-order valence-electron chi connectivity index (χ4n) is 3.26. The number of ether oxygens (including phenoxy) is 3. The molecule has 0 amide bonds. The number of hydrogen-bond donors (Lipinski definition) is 0. The molecule has 0 aromatic rings. The number of carbonyl (C=O) groups is 3. The minimum Gasteiger partial charge on any atom is -0.464 e. The summed E-state index contributed by atoms with van der Waals surface area (Å²) in [5, 5.41) is 2.87. The molecule has 0 fully saturated rings. The normalized spacial score (nSPS) is 14.5. The molecule has 0 bridgehead atoms. The van der Waals surface area contributed by atoms with E-state index in [0.717, 1.165) is 41.7 Å². The van der Waals surface area contributed by atoms with Crippen LogP contribution in [0.4, 0.5) is 0 Å². The first kappa shape index (κ1) is 46.0. The number of thioether (sulfide) groups is 3. The van der Waals surface area contributed by atoms with Gasteiger partial charge in [-0.2, -0.15) is 0 Å². The SMILES string of the molecule is CCCN(C)OC(=S)SC(C)C(=O)OCC(C)(COC(=O)C(C)SC(=S)ON(CC)CC)COC(=O)C(C)SC(=S)ON(CC)CC. The van der Waals surface area contributed by atoms with Gasteiger partial charge in [-0.25, -0.2) is 0 Å². The zero-order valence-corrected chi connectivity index (χ0v) is 34.0. The second-order valence-electron chi connectivity index (χ2n) is 10.5. The molecule has 0 saturated carbocycles. The van der Waals surface area contributed by atoms with E-state index in [-0.39, 0.29) is 33.0 Å². The van der Waals surface area contributed by atoms with Crippen molar-refractivity contribution in [2.75, 3.05) is 59.6 Å². The maximum absolute atomic E-state index is 12.9. The van der Waals surface area contributed by atoms with E-state index in [4.69, 9.17) is 65.4 Å². The Balaban J connectivity index is 5.47. The van der Waals surface area contributed by atoms with Crippen LogP contribution in [0, 0.1) is 5.41 Å². The Bertz CT molecular complexity index is 968. The van der Waals surface area contributed by atoms with Crippen LogP contribution >= 0.6 is 71.9 Å². The Morgan fingerprint density at radius 1 is 0.617 bits per heavy atom. The van der Waals surface area contributed by atoms with Gasteiger partial charge in [0.25, 0.3) is 0 Å². The Morgan fingerprint density at radius 2 is 0.915 bits per heavy atom. The predicted molar refractivity (Wildman–Crippen MR) is 202 cm³/mol. The number of esters is 3. The Hall–Kier alpha value is -0.990. The quantitative estimate of drug-likeness (QED) is 0.0617. The molecule has 0 aromatic heterocycles. The van der Waals surface area contributed by atoms with Gasteiger partial charge in [-0.3, -0.25) is 14.4 Å². The van der Waals surface area contributed by atoms with Crippen LogP contribution in [0.15, 0.2) is 0 Å². The van der Waals surface area contributed by atoms with Gasteiger partial charge < -0.3 is 28.7 Å². The molecule has 0 saturated heterocycles. The second-order valence-corrected chi connectivity index (χ2v) is 16.3. The number of nitrogens with zero attached hydrogens (tertiary/aromatic N) is 3. The lowest BCUT2D eigenvalue weighted by Gasteiger charge is -2.29. The molecular formula is C29H51N3O9S6. The van der Waals surface area contributed by atoms with Crippen LogP contribution in [0.3, 0.4) is 0 Å². The highest BCUT2D eigenvalue weighted by Gasteiger charge is 2.34. The summed E-state index contributed by atoms with van der Waals surface area (Å²) in [6.07, 6.45) is 0.873. The number of carbonyl (C=O) groups excluding carboxylic acids is 3. The summed E-state index contributed by atoms with van der Waals surface area (Å²) >= 11 is 18.9. The van der Waals surface area contributed by atoms with Crippen LogP contribution in [-0.2, 0) is 43.1 Å². The number of thiocarbonyl (C=S) groups is 3. The van der Waals surface area contributed by atoms with Gasteiger partial charge in [-0.05, 0) is 98.5 Å². The summed E-state index contributed by atoms with van der Waals surface area (Å²) in [5.41, 5.74) is -1.09. The summed E-state index contributed by atoms with van der Waals surface area (Å²) in [7, 11) is 1.75. The lowest BCUT2D eigenvalue weighted by atomic mass is 9.94. The maximum atomic E-state index is 12.9. The zero-order chi connectivity index (χ0) is 36.2. The van der Waals surface area contributed by atoms with Gasteiger partial charge in [0.2, 0.25) is 13.1 Å². The molecule has 3 atom stereocenters. The van der Waals surface area contributed by atoms with Crippen molar-refractivity contribution in [2.45, 2.75) is 84.5 Å². The molecule has 12 nitrogen and oxygen atoms in total. The topological polar surface area (TPSA) is 116 Å². The van der Waals surface area contributed by atoms with Gasteiger partial charge >= 0.3 is 17.9 Å². The molecule has 0 aliphatic carbocycles. The Morgan fingerprint density at radius 3 is 1.19 bits per heavy atom. The summed E-state index contributed by atoms with van der Waals surface area (Å²) in [5.74, 6) is -1.68. The van der Waals surface area contributed by atoms with E-state index in [9.17, 15) is 14.4 Å². The van der Waals surface area contributed by atoms with Gasteiger partial charge in [-0.15, -0.1) is 15.2 Å². The van der Waals surface area contributed by atoms with Crippen molar-refractivity contribution in [3.05, 3.63) is 0 Å². The summed E-state index contributed by atoms with van der Waals surface area (Å²) in [6.45, 7) is 18.9. The van der Waals surface area contributed by atoms with Gasteiger partial charge in [-0.1, -0.05) is 42.2 Å². The Labute approximate surface area is 309 Å². The van der Waals surface area contributed by atoms with Crippen LogP contribution in [0.1, 0.15) is 68.7 Å². The van der Waals surface area contributed by atoms with E-state index < -0.39 is 39.1 Å². The third-order valence-corrected chi connectivity index (χ3v) is 9.62. The first-order valence-corrected chi connectivity index (χ1v) is 19.3. The van der Waals surface area contributed by atoms with Crippen molar-refractivity contribution >= 4 is 103 Å². The molecule has 0 aromatic carbocycles. The van der Waals surface area contributed by atoms with E-state index in [2.05, 4.69) is 0 Å². The fraction of sp³-hybridized carbons (Fsp3) is 0.793. The molecule has 3 unspecified atom stereocenters. The molecule has 18 heteroatoms. The summed E-state index contributed by atoms with van der Waals surface area (Å²) < 4.78 is 17.4. The molecular weight excluding hydrogens is 727 g/mol. The minimum atomic E-state index is -1.09. The average molecular weight is 778 g/mol. The van der Waals surface area contributed by atoms with Crippen molar-refractivity contribution < 1.29 is 43.1 Å². The Kier molecular flexibility index (Phi) is 24.5. The molecule has 0 N–H and O–H groups in total. The van der Waals surface area contributed by atoms with Gasteiger partial charge in [0, 0.05) is 39.8 Å². The van der Waals surface area contributed by atoms with Crippen molar-refractivity contribution in [1.82, 2.24) is 15.2 Å². The highest BCUT2D eigenvalue weighted by atomic mass is 32.2. The standard InChI is InChI=1S/C29H51N3O9S6/c1-11-16-30(10)39-26(42)45-20(6)23(33)36-17-29(9,18-37-24(34)21(7)46-27(43)40-31(12-2)13-3)19-38-25(35)22(8)47-28(44)41-32(14-4)15-5/h20-22H,11-19H2,1-10H3. The molecule has 0 aliphatic heterocycles. The van der Waals surface area contributed by atoms with Crippen LogP contribution in [0.25, 0.3) is 0 Å². The van der Waals surface area contributed by atoms with Crippen molar-refractivity contribution in [2.24, 2.45) is 5.41 Å². The number of hydroxylamine groups is 6. The minimum absolute atomic E-state index is 0.180. The second kappa shape index (κ2) is 25.0. The highest BCUT2D eigenvalue weighted by Crippen LogP contribution is 2.25. The van der Waals surface area contributed by atoms with E-state index in [0.29, 0.717) is 32.7 Å². The number of rotatable bonds is 21. The molecule has 0 rings (SSSR count). The van der Waals surface area contributed by atoms with E-state index in [1.807, 2.05) is 34.6 Å². The third kappa shape index (κ3) is 20.3. The van der Waals surface area contributed by atoms with Crippen LogP contribution in [0.5, 0.6) is 0 Å². The maximum Gasteiger partial charge on any atom is 0.319 e. The summed E-state index contributed by atoms with van der Waals surface area (Å²) in [6, 6.07) is 0. The van der Waals surface area contributed by atoms with Crippen molar-refractivity contribution in [3.8, 4) is 0 Å². The molecule has 0 aliphatic rings. The first-order chi connectivity index (χ1) is 22.0. The van der Waals surface area contributed by atoms with Gasteiger partial charge in [0.05, 0.1) is 5.41 Å². The molecule has 272 valence electrons. The largest absolute Gasteiger partial charge is 0.464 e. The zero-order valence-electron chi connectivity index (χ0n) is 29.1. The van der Waals surface area contributed by atoms with Crippen molar-refractivity contribution in [3.63, 3.8) is 0 Å². The smallest absolute Gasteiger partial charge is 0.319 e. The monoisotopic (exact) mass is 777 g/mol. The summed E-state index contributed by atoms with van der Waals surface area (Å²) in [4.78, 5) is 55.3. The molecule has 0 spiro atoms. The van der Waals surface area contributed by atoms with Crippen LogP contribution < -0.4 is 0 Å². The third-order valence-electron chi connectivity index (χ3n) is 6.09. The molecule has 47 heavy (non-hydrogen) atoms. The van der Waals surface area contributed by atoms with Crippen LogP contribution in [-0.4, -0.2) is 122 Å². The first-order valence-electron chi connectivity index (χ1n) is 15.4. The average Bonchev–Trinajstić information content (AvgIpc) is 3.02. The van der Waals surface area contributed by atoms with Gasteiger partial charge in [0.1, 0.15) is 35.6 Å². The lowest BCUT2D eigenvalue weighted by molar-refractivity contribution is -0.159. The molecule has 0 radical (unpaired) electrons. The lowest BCUT2D eigenvalue weighted by Crippen LogP contribution is -2.39. The number of hydrogen-bond acceptors (Lipinski definition) is 18. The highest BCUT2D eigenvalue weighted by molar-refractivity contribution is 8.24. The fourth-order valence-corrected chi connectivity index (χ4v) is 6.72. The van der Waals surface area contributed by atoms with Crippen molar-refractivity contribution in [1.29, 1.82) is 0 Å². The molecule has 0 heterocycles. The van der Waals surface area contributed by atoms with Crippen LogP contribution in [0.2, 0.25) is 0 Å². The predicted octanol–water partition coefficient (Wildman–Crippen LogP) is 5.66. The van der Waals surface area contributed by atoms with E-state index in [1.165, 1.54) is 0 Å². The van der Waals surface area contributed by atoms with E-state index in [1.54, 1.807) is 49.9 Å². The van der Waals surface area contributed by atoms with Gasteiger partial charge in [0.15, 0.2) is 0 Å². The van der Waals surface area contributed by atoms with E-state index >= 15 is 0 Å².